The predicted octanol–water partition coefficient (Wildman–Crippen LogP) is 0.540. The average molecular weight is 291 g/mol. The maximum atomic E-state index is 12.2. The first-order valence-corrected chi connectivity index (χ1v) is 7.27. The lowest BCUT2D eigenvalue weighted by Crippen LogP contribution is -2.60. The molecule has 3 rings (SSSR count). The van der Waals surface area contributed by atoms with Gasteiger partial charge in [-0.1, -0.05) is 12.1 Å². The van der Waals surface area contributed by atoms with Gasteiger partial charge in [-0.25, -0.2) is 5.43 Å². The van der Waals surface area contributed by atoms with Crippen LogP contribution in [-0.2, 0) is 4.79 Å². The molecule has 1 amide bonds. The molecule has 2 fully saturated rings. The summed E-state index contributed by atoms with van der Waals surface area (Å²) in [6, 6.07) is 7.78. The standard InChI is InChI=1S/C15H21N3O3/c1-10-7-12(17-16-10)15(19)18-8-11(9-18)21-14-6-4-3-5-13(14)20-2/h3-6,10-12,16-17H,7-9H2,1-2H3. The molecule has 1 aromatic carbocycles. The topological polar surface area (TPSA) is 62.8 Å². The van der Waals surface area contributed by atoms with Crippen LogP contribution in [0.2, 0.25) is 0 Å². The first-order valence-electron chi connectivity index (χ1n) is 7.27. The van der Waals surface area contributed by atoms with Crippen LogP contribution >= 0.6 is 0 Å². The van der Waals surface area contributed by atoms with Crippen molar-refractivity contribution in [3.8, 4) is 11.5 Å². The van der Waals surface area contributed by atoms with Gasteiger partial charge in [0.05, 0.1) is 20.2 Å². The van der Waals surface area contributed by atoms with Gasteiger partial charge in [-0.2, -0.15) is 0 Å². The molecule has 0 spiro atoms. The molecule has 2 aliphatic heterocycles. The van der Waals surface area contributed by atoms with Gasteiger partial charge < -0.3 is 14.4 Å². The van der Waals surface area contributed by atoms with Crippen LogP contribution in [0, 0.1) is 0 Å². The van der Waals surface area contributed by atoms with Crippen molar-refractivity contribution in [1.29, 1.82) is 0 Å². The van der Waals surface area contributed by atoms with Crippen molar-refractivity contribution in [3.63, 3.8) is 0 Å². The molecule has 1 aromatic rings. The molecule has 0 radical (unpaired) electrons. The number of carbonyl (C=O) groups excluding carboxylic acids is 1. The first-order chi connectivity index (χ1) is 10.2. The normalized spacial score (nSPS) is 25.5. The van der Waals surface area contributed by atoms with E-state index in [-0.39, 0.29) is 18.1 Å². The van der Waals surface area contributed by atoms with E-state index < -0.39 is 0 Å². The Morgan fingerprint density at radius 1 is 1.24 bits per heavy atom. The minimum absolute atomic E-state index is 0.0389. The lowest BCUT2D eigenvalue weighted by Gasteiger charge is -2.40. The fourth-order valence-corrected chi connectivity index (χ4v) is 2.69. The average Bonchev–Trinajstić information content (AvgIpc) is 2.89. The van der Waals surface area contributed by atoms with Crippen molar-refractivity contribution in [3.05, 3.63) is 24.3 Å². The first kappa shape index (κ1) is 14.2. The minimum atomic E-state index is -0.118. The summed E-state index contributed by atoms with van der Waals surface area (Å²) in [4.78, 5) is 14.1. The van der Waals surface area contributed by atoms with Crippen LogP contribution in [0.5, 0.6) is 11.5 Å². The van der Waals surface area contributed by atoms with Gasteiger partial charge in [0.25, 0.3) is 0 Å². The molecule has 0 saturated carbocycles. The number of hydrazine groups is 1. The number of methoxy groups -OCH3 is 1. The third kappa shape index (κ3) is 2.96. The lowest BCUT2D eigenvalue weighted by atomic mass is 10.1. The highest BCUT2D eigenvalue weighted by Crippen LogP contribution is 2.28. The van der Waals surface area contributed by atoms with Crippen molar-refractivity contribution < 1.29 is 14.3 Å². The number of nitrogens with zero attached hydrogens (tertiary/aromatic N) is 1. The molecule has 0 aliphatic carbocycles. The number of benzene rings is 1. The Hall–Kier alpha value is -1.79. The van der Waals surface area contributed by atoms with Crippen LogP contribution in [0.25, 0.3) is 0 Å². The van der Waals surface area contributed by atoms with E-state index in [1.165, 1.54) is 0 Å². The van der Waals surface area contributed by atoms with Gasteiger partial charge in [-0.15, -0.1) is 0 Å². The van der Waals surface area contributed by atoms with Crippen LogP contribution in [0.1, 0.15) is 13.3 Å². The molecular formula is C15H21N3O3. The summed E-state index contributed by atoms with van der Waals surface area (Å²) in [5.41, 5.74) is 6.11. The maximum absolute atomic E-state index is 12.2. The largest absolute Gasteiger partial charge is 0.493 e. The van der Waals surface area contributed by atoms with Gasteiger partial charge in [0.2, 0.25) is 5.91 Å². The minimum Gasteiger partial charge on any atom is -0.493 e. The van der Waals surface area contributed by atoms with Crippen molar-refractivity contribution >= 4 is 5.91 Å². The Morgan fingerprint density at radius 2 is 1.95 bits per heavy atom. The highest BCUT2D eigenvalue weighted by molar-refractivity contribution is 5.83. The number of para-hydroxylation sites is 2. The Kier molecular flexibility index (Phi) is 3.98. The summed E-state index contributed by atoms with van der Waals surface area (Å²) in [7, 11) is 1.62. The van der Waals surface area contributed by atoms with E-state index in [1.807, 2.05) is 29.2 Å². The number of likely N-dealkylation sites (tertiary alicyclic amines) is 1. The number of ether oxygens (including phenoxy) is 2. The molecule has 2 saturated heterocycles. The number of hydrogen-bond acceptors (Lipinski definition) is 5. The summed E-state index contributed by atoms with van der Waals surface area (Å²) < 4.78 is 11.1. The fraction of sp³-hybridized carbons (Fsp3) is 0.533. The number of carbonyl (C=O) groups is 1. The van der Waals surface area contributed by atoms with Crippen molar-refractivity contribution in [2.24, 2.45) is 0 Å². The van der Waals surface area contributed by atoms with E-state index in [0.717, 1.165) is 17.9 Å². The molecule has 0 aromatic heterocycles. The van der Waals surface area contributed by atoms with Crippen molar-refractivity contribution in [2.45, 2.75) is 31.5 Å². The molecule has 6 heteroatoms. The molecule has 2 N–H and O–H groups in total. The van der Waals surface area contributed by atoms with E-state index in [4.69, 9.17) is 9.47 Å². The monoisotopic (exact) mass is 291 g/mol. The van der Waals surface area contributed by atoms with Gasteiger partial charge in [0, 0.05) is 6.04 Å². The summed E-state index contributed by atoms with van der Waals surface area (Å²) >= 11 is 0. The van der Waals surface area contributed by atoms with Gasteiger partial charge in [-0.05, 0) is 25.5 Å². The second-order valence-corrected chi connectivity index (χ2v) is 5.61. The third-order valence-electron chi connectivity index (χ3n) is 3.91. The Morgan fingerprint density at radius 3 is 2.57 bits per heavy atom. The SMILES string of the molecule is COc1ccccc1OC1CN(C(=O)C2CC(C)NN2)C1. The summed E-state index contributed by atoms with van der Waals surface area (Å²) in [5.74, 6) is 1.59. The number of rotatable bonds is 4. The van der Waals surface area contributed by atoms with Gasteiger partial charge in [0.1, 0.15) is 12.1 Å². The van der Waals surface area contributed by atoms with Crippen molar-refractivity contribution in [1.82, 2.24) is 15.8 Å². The second kappa shape index (κ2) is 5.91. The highest BCUT2D eigenvalue weighted by atomic mass is 16.5. The van der Waals surface area contributed by atoms with E-state index in [9.17, 15) is 4.79 Å². The zero-order valence-electron chi connectivity index (χ0n) is 12.3. The molecule has 114 valence electrons. The smallest absolute Gasteiger partial charge is 0.241 e. The summed E-state index contributed by atoms with van der Waals surface area (Å²) in [6.45, 7) is 3.32. The van der Waals surface area contributed by atoms with Crippen LogP contribution in [0.15, 0.2) is 24.3 Å². The highest BCUT2D eigenvalue weighted by Gasteiger charge is 2.38. The molecule has 2 unspecified atom stereocenters. The van der Waals surface area contributed by atoms with Crippen LogP contribution in [-0.4, -0.2) is 49.2 Å². The van der Waals surface area contributed by atoms with Gasteiger partial charge in [0.15, 0.2) is 11.5 Å². The maximum Gasteiger partial charge on any atom is 0.241 e. The Balaban J connectivity index is 1.50. The second-order valence-electron chi connectivity index (χ2n) is 5.61. The molecule has 2 atom stereocenters. The quantitative estimate of drug-likeness (QED) is 0.848. The number of amides is 1. The molecular weight excluding hydrogens is 270 g/mol. The Bertz CT molecular complexity index is 517. The van der Waals surface area contributed by atoms with E-state index in [2.05, 4.69) is 17.8 Å². The fourth-order valence-electron chi connectivity index (χ4n) is 2.69. The molecule has 6 nitrogen and oxygen atoms in total. The van der Waals surface area contributed by atoms with E-state index >= 15 is 0 Å². The van der Waals surface area contributed by atoms with Crippen LogP contribution in [0.4, 0.5) is 0 Å². The van der Waals surface area contributed by atoms with Gasteiger partial charge in [-0.3, -0.25) is 10.2 Å². The number of hydrogen-bond donors (Lipinski definition) is 2. The van der Waals surface area contributed by atoms with Crippen LogP contribution < -0.4 is 20.3 Å². The van der Waals surface area contributed by atoms with Crippen LogP contribution in [0.3, 0.4) is 0 Å². The van der Waals surface area contributed by atoms with E-state index in [0.29, 0.717) is 19.1 Å². The summed E-state index contributed by atoms with van der Waals surface area (Å²) in [5, 5.41) is 0. The molecule has 2 heterocycles. The third-order valence-corrected chi connectivity index (χ3v) is 3.91. The number of nitrogens with one attached hydrogen (secondary N) is 2. The van der Waals surface area contributed by atoms with Gasteiger partial charge >= 0.3 is 0 Å². The zero-order valence-corrected chi connectivity index (χ0v) is 12.3. The summed E-state index contributed by atoms with van der Waals surface area (Å²) in [6.07, 6.45) is 0.866. The predicted molar refractivity (Wildman–Crippen MR) is 78.1 cm³/mol. The molecule has 21 heavy (non-hydrogen) atoms. The Labute approximate surface area is 124 Å². The van der Waals surface area contributed by atoms with Crippen molar-refractivity contribution in [2.75, 3.05) is 20.2 Å². The van der Waals surface area contributed by atoms with E-state index in [1.54, 1.807) is 7.11 Å². The lowest BCUT2D eigenvalue weighted by molar-refractivity contribution is -0.142. The zero-order chi connectivity index (χ0) is 14.8. The molecule has 0 bridgehead atoms. The molecule has 2 aliphatic rings.